The summed E-state index contributed by atoms with van der Waals surface area (Å²) in [4.78, 5) is 82.1. The monoisotopic (exact) mass is 629 g/mol. The van der Waals surface area contributed by atoms with Gasteiger partial charge in [0.15, 0.2) is 0 Å². The first-order chi connectivity index (χ1) is 21.1. The van der Waals surface area contributed by atoms with Crippen molar-refractivity contribution in [2.75, 3.05) is 7.05 Å². The summed E-state index contributed by atoms with van der Waals surface area (Å²) in [5.74, 6) is -3.09. The molecule has 0 unspecified atom stereocenters. The average molecular weight is 630 g/mol. The molecule has 4 fully saturated rings. The summed E-state index contributed by atoms with van der Waals surface area (Å²) >= 11 is 0. The first-order valence-corrected chi connectivity index (χ1v) is 17.1. The Morgan fingerprint density at radius 3 is 2.09 bits per heavy atom. The van der Waals surface area contributed by atoms with Gasteiger partial charge < -0.3 is 26.2 Å². The summed E-state index contributed by atoms with van der Waals surface area (Å²) in [5.41, 5.74) is -1.05. The summed E-state index contributed by atoms with van der Waals surface area (Å²) in [6, 6.07) is -2.88. The van der Waals surface area contributed by atoms with E-state index in [4.69, 9.17) is 0 Å². The van der Waals surface area contributed by atoms with Crippen LogP contribution in [-0.2, 0) is 28.8 Å². The molecule has 45 heavy (non-hydrogen) atoms. The molecule has 4 aliphatic rings. The van der Waals surface area contributed by atoms with E-state index in [0.717, 1.165) is 57.8 Å². The molecule has 0 bridgehead atoms. The van der Waals surface area contributed by atoms with Crippen LogP contribution in [0.5, 0.6) is 0 Å². The van der Waals surface area contributed by atoms with Crippen LogP contribution in [0.25, 0.3) is 0 Å². The highest BCUT2D eigenvalue weighted by Crippen LogP contribution is 2.34. The molecule has 3 saturated carbocycles. The van der Waals surface area contributed by atoms with Gasteiger partial charge in [0.25, 0.3) is 5.91 Å². The van der Waals surface area contributed by atoms with Gasteiger partial charge in [-0.2, -0.15) is 0 Å². The van der Waals surface area contributed by atoms with Gasteiger partial charge in [0, 0.05) is 30.0 Å². The van der Waals surface area contributed by atoms with Crippen LogP contribution in [0.15, 0.2) is 0 Å². The average Bonchev–Trinajstić information content (AvgIpc) is 3.58. The van der Waals surface area contributed by atoms with Crippen molar-refractivity contribution in [3.05, 3.63) is 0 Å². The molecule has 252 valence electrons. The molecule has 0 aromatic heterocycles. The summed E-state index contributed by atoms with van der Waals surface area (Å²) in [6.45, 7) is 9.29. The van der Waals surface area contributed by atoms with E-state index in [2.05, 4.69) is 21.3 Å². The van der Waals surface area contributed by atoms with Crippen molar-refractivity contribution in [1.82, 2.24) is 26.2 Å². The van der Waals surface area contributed by atoms with Crippen LogP contribution in [0, 0.1) is 23.2 Å². The fourth-order valence-electron chi connectivity index (χ4n) is 6.70. The molecule has 4 atom stereocenters. The fourth-order valence-corrected chi connectivity index (χ4v) is 6.70. The van der Waals surface area contributed by atoms with E-state index in [1.165, 1.54) is 4.90 Å². The predicted molar refractivity (Wildman–Crippen MR) is 170 cm³/mol. The van der Waals surface area contributed by atoms with Crippen LogP contribution in [0.1, 0.15) is 118 Å². The standard InChI is InChI=1S/C34H55N5O6/c1-33(2,3)32(45)37-26(21-12-7-8-13-21)31(44)39(6)25(18-20-10-9-11-20)29(42)36-24(27(40)30(43)35-23-14-15-23)19-22-16-17-34(4,5)38-28(22)41/h20-26H,7-19H2,1-6H3,(H,35,43)(H,36,42)(H,37,45)(H,38,41)/t22-,24-,25-,26+/m0/s1. The lowest BCUT2D eigenvalue weighted by molar-refractivity contribution is -0.146. The van der Waals surface area contributed by atoms with Crippen LogP contribution in [0.4, 0.5) is 0 Å². The van der Waals surface area contributed by atoms with E-state index in [1.54, 1.807) is 27.8 Å². The van der Waals surface area contributed by atoms with Crippen LogP contribution in [0.3, 0.4) is 0 Å². The zero-order valence-corrected chi connectivity index (χ0v) is 28.1. The molecule has 4 N–H and O–H groups in total. The number of piperidine rings is 1. The highest BCUT2D eigenvalue weighted by Gasteiger charge is 2.43. The minimum Gasteiger partial charge on any atom is -0.351 e. The van der Waals surface area contributed by atoms with Crippen LogP contribution < -0.4 is 21.3 Å². The summed E-state index contributed by atoms with van der Waals surface area (Å²) in [6.07, 6.45) is 9.83. The van der Waals surface area contributed by atoms with Crippen molar-refractivity contribution in [2.45, 2.75) is 148 Å². The first-order valence-electron chi connectivity index (χ1n) is 17.1. The second-order valence-corrected chi connectivity index (χ2v) is 15.8. The van der Waals surface area contributed by atoms with Gasteiger partial charge >= 0.3 is 0 Å². The predicted octanol–water partition coefficient (Wildman–Crippen LogP) is 2.75. The molecular formula is C34H55N5O6. The lowest BCUT2D eigenvalue weighted by atomic mass is 9.80. The summed E-state index contributed by atoms with van der Waals surface area (Å²) in [7, 11) is 1.60. The molecule has 0 spiro atoms. The number of amides is 5. The number of likely N-dealkylation sites (N-methyl/N-ethyl adjacent to an activating group) is 1. The molecular weight excluding hydrogens is 574 g/mol. The molecule has 1 heterocycles. The Morgan fingerprint density at radius 2 is 1.56 bits per heavy atom. The van der Waals surface area contributed by atoms with Gasteiger partial charge in [-0.25, -0.2) is 0 Å². The number of hydrogen-bond donors (Lipinski definition) is 4. The third-order valence-electron chi connectivity index (χ3n) is 10.2. The number of carbonyl (C=O) groups is 6. The van der Waals surface area contributed by atoms with Crippen LogP contribution >= 0.6 is 0 Å². The maximum absolute atomic E-state index is 14.2. The Balaban J connectivity index is 1.55. The van der Waals surface area contributed by atoms with Crippen molar-refractivity contribution in [3.63, 3.8) is 0 Å². The third-order valence-corrected chi connectivity index (χ3v) is 10.2. The van der Waals surface area contributed by atoms with Gasteiger partial charge in [0.05, 0.1) is 6.04 Å². The Bertz CT molecular complexity index is 1150. The second-order valence-electron chi connectivity index (χ2n) is 15.8. The van der Waals surface area contributed by atoms with E-state index >= 15 is 0 Å². The quantitative estimate of drug-likeness (QED) is 0.230. The first kappa shape index (κ1) is 34.9. The van der Waals surface area contributed by atoms with Crippen molar-refractivity contribution in [2.24, 2.45) is 23.2 Å². The number of nitrogens with zero attached hydrogens (tertiary/aromatic N) is 1. The minimum atomic E-state index is -1.20. The number of Topliss-reactive ketones (excluding diaryl/α,β-unsaturated/α-hetero) is 1. The second kappa shape index (κ2) is 14.2. The Labute approximate surface area is 268 Å². The van der Waals surface area contributed by atoms with Crippen LogP contribution in [-0.4, -0.2) is 77.0 Å². The number of nitrogens with one attached hydrogen (secondary N) is 4. The van der Waals surface area contributed by atoms with Crippen molar-refractivity contribution < 1.29 is 28.8 Å². The number of rotatable bonds is 13. The summed E-state index contributed by atoms with van der Waals surface area (Å²) in [5, 5.41) is 11.5. The number of ketones is 1. The van der Waals surface area contributed by atoms with E-state index in [9.17, 15) is 28.8 Å². The Kier molecular flexibility index (Phi) is 11.0. The lowest BCUT2D eigenvalue weighted by Gasteiger charge is -2.38. The highest BCUT2D eigenvalue weighted by molar-refractivity contribution is 6.38. The van der Waals surface area contributed by atoms with Crippen molar-refractivity contribution >= 4 is 35.3 Å². The van der Waals surface area contributed by atoms with Gasteiger partial charge in [-0.1, -0.05) is 52.9 Å². The largest absolute Gasteiger partial charge is 0.351 e. The molecule has 1 aliphatic heterocycles. The fraction of sp³-hybridized carbons (Fsp3) is 0.824. The number of carbonyl (C=O) groups excluding carboxylic acids is 6. The smallest absolute Gasteiger partial charge is 0.289 e. The molecule has 0 radical (unpaired) electrons. The topological polar surface area (TPSA) is 154 Å². The molecule has 5 amide bonds. The molecule has 3 aliphatic carbocycles. The highest BCUT2D eigenvalue weighted by atomic mass is 16.2. The zero-order chi connectivity index (χ0) is 33.1. The Morgan fingerprint density at radius 1 is 0.911 bits per heavy atom. The number of hydrogen-bond acceptors (Lipinski definition) is 6. The molecule has 11 nitrogen and oxygen atoms in total. The molecule has 0 aromatic carbocycles. The molecule has 11 heteroatoms. The lowest BCUT2D eigenvalue weighted by Crippen LogP contribution is -2.60. The van der Waals surface area contributed by atoms with Crippen molar-refractivity contribution in [3.8, 4) is 0 Å². The van der Waals surface area contributed by atoms with E-state index in [-0.39, 0.29) is 47.6 Å². The van der Waals surface area contributed by atoms with E-state index in [0.29, 0.717) is 19.3 Å². The van der Waals surface area contributed by atoms with Gasteiger partial charge in [-0.15, -0.1) is 0 Å². The van der Waals surface area contributed by atoms with Gasteiger partial charge in [0.2, 0.25) is 29.4 Å². The normalized spacial score (nSPS) is 24.0. The minimum absolute atomic E-state index is 0.00468. The van der Waals surface area contributed by atoms with E-state index in [1.807, 2.05) is 13.8 Å². The maximum atomic E-state index is 14.2. The molecule has 4 rings (SSSR count). The third kappa shape index (κ3) is 9.28. The van der Waals surface area contributed by atoms with Crippen LogP contribution in [0.2, 0.25) is 0 Å². The maximum Gasteiger partial charge on any atom is 0.289 e. The van der Waals surface area contributed by atoms with Crippen molar-refractivity contribution in [1.29, 1.82) is 0 Å². The van der Waals surface area contributed by atoms with Gasteiger partial charge in [0.1, 0.15) is 12.1 Å². The Hall–Kier alpha value is -2.98. The summed E-state index contributed by atoms with van der Waals surface area (Å²) < 4.78 is 0. The molecule has 1 saturated heterocycles. The van der Waals surface area contributed by atoms with Gasteiger partial charge in [-0.05, 0) is 77.0 Å². The van der Waals surface area contributed by atoms with E-state index < -0.39 is 47.1 Å². The molecule has 0 aromatic rings. The van der Waals surface area contributed by atoms with Gasteiger partial charge in [-0.3, -0.25) is 28.8 Å². The SMILES string of the molecule is CN(C(=O)[C@H](NC(=O)C(C)(C)C)C1CCCC1)[C@@H](CC1CCC1)C(=O)N[C@@H](C[C@@H]1CCC(C)(C)NC1=O)C(=O)C(=O)NC1CC1. The zero-order valence-electron chi connectivity index (χ0n) is 28.1.